The number of pyridine rings is 1. The highest BCUT2D eigenvalue weighted by molar-refractivity contribution is 9.10. The molecule has 0 spiro atoms. The molecule has 3 aromatic rings. The number of anilines is 2. The topological polar surface area (TPSA) is 80.0 Å². The van der Waals surface area contributed by atoms with Crippen LogP contribution in [0.5, 0.6) is 0 Å². The molecular weight excluding hydrogens is 380 g/mol. The second kappa shape index (κ2) is 6.93. The summed E-state index contributed by atoms with van der Waals surface area (Å²) < 4.78 is 6.09. The van der Waals surface area contributed by atoms with Gasteiger partial charge in [0.25, 0.3) is 5.91 Å². The number of carbonyl (C=O) groups excluding carboxylic acids is 1. The maximum Gasteiger partial charge on any atom is 0.263 e. The fraction of sp³-hybridized carbons (Fsp3) is 0.133. The molecule has 6 nitrogen and oxygen atoms in total. The highest BCUT2D eigenvalue weighted by Crippen LogP contribution is 2.25. The summed E-state index contributed by atoms with van der Waals surface area (Å²) in [6.45, 7) is 2.15. The minimum absolute atomic E-state index is 0.173. The number of aromatic nitrogens is 2. The monoisotopic (exact) mass is 392 g/mol. The Kier molecular flexibility index (Phi) is 4.73. The largest absolute Gasteiger partial charge is 0.467 e. The standard InChI is InChI=1S/C15H13BrN4O2S/c1-9-13(14(21)18-8-11-3-2-6-22-11)23-15(19-9)20-12-5-4-10(16)7-17-12/h2-7H,8H2,1H3,(H,18,21)(H,17,19,20). The van der Waals surface area contributed by atoms with Gasteiger partial charge in [-0.1, -0.05) is 11.3 Å². The summed E-state index contributed by atoms with van der Waals surface area (Å²) in [4.78, 5) is 21.4. The van der Waals surface area contributed by atoms with Crippen LogP contribution >= 0.6 is 27.3 Å². The molecule has 23 heavy (non-hydrogen) atoms. The molecule has 3 heterocycles. The number of furan rings is 1. The van der Waals surface area contributed by atoms with Crippen molar-refractivity contribution in [2.24, 2.45) is 0 Å². The molecule has 0 saturated heterocycles. The van der Waals surface area contributed by atoms with Gasteiger partial charge in [0, 0.05) is 10.7 Å². The lowest BCUT2D eigenvalue weighted by molar-refractivity contribution is 0.0951. The molecule has 0 fully saturated rings. The Bertz CT molecular complexity index is 800. The molecule has 2 N–H and O–H groups in total. The lowest BCUT2D eigenvalue weighted by Crippen LogP contribution is -2.22. The number of amides is 1. The quantitative estimate of drug-likeness (QED) is 0.688. The molecule has 0 bridgehead atoms. The number of aryl methyl sites for hydroxylation is 1. The van der Waals surface area contributed by atoms with E-state index in [4.69, 9.17) is 4.42 Å². The number of thiazole rings is 1. The number of halogens is 1. The number of nitrogens with one attached hydrogen (secondary N) is 2. The molecule has 118 valence electrons. The van der Waals surface area contributed by atoms with E-state index in [-0.39, 0.29) is 5.91 Å². The highest BCUT2D eigenvalue weighted by Gasteiger charge is 2.15. The Labute approximate surface area is 145 Å². The van der Waals surface area contributed by atoms with Crippen LogP contribution in [0.2, 0.25) is 0 Å². The Hall–Kier alpha value is -2.19. The van der Waals surface area contributed by atoms with Crippen LogP contribution in [0.4, 0.5) is 10.9 Å². The summed E-state index contributed by atoms with van der Waals surface area (Å²) in [5, 5.41) is 6.53. The van der Waals surface area contributed by atoms with Crippen LogP contribution in [0.1, 0.15) is 21.1 Å². The first-order valence-electron chi connectivity index (χ1n) is 6.78. The van der Waals surface area contributed by atoms with Crippen LogP contribution in [-0.4, -0.2) is 15.9 Å². The second-order valence-electron chi connectivity index (χ2n) is 4.68. The van der Waals surface area contributed by atoms with Crippen molar-refractivity contribution in [2.45, 2.75) is 13.5 Å². The van der Waals surface area contributed by atoms with E-state index in [1.807, 2.05) is 18.2 Å². The lowest BCUT2D eigenvalue weighted by atomic mass is 10.3. The smallest absolute Gasteiger partial charge is 0.263 e. The summed E-state index contributed by atoms with van der Waals surface area (Å²) in [5.74, 6) is 1.20. The number of hydrogen-bond acceptors (Lipinski definition) is 6. The van der Waals surface area contributed by atoms with E-state index in [9.17, 15) is 4.79 Å². The van der Waals surface area contributed by atoms with Crippen molar-refractivity contribution >= 4 is 44.1 Å². The molecule has 0 unspecified atom stereocenters. The molecule has 0 aliphatic heterocycles. The SMILES string of the molecule is Cc1nc(Nc2ccc(Br)cn2)sc1C(=O)NCc1ccco1. The third-order valence-corrected chi connectivity index (χ3v) is 4.51. The van der Waals surface area contributed by atoms with Gasteiger partial charge < -0.3 is 15.1 Å². The summed E-state index contributed by atoms with van der Waals surface area (Å²) in [7, 11) is 0. The van der Waals surface area contributed by atoms with Gasteiger partial charge in [-0.2, -0.15) is 0 Å². The third-order valence-electron chi connectivity index (χ3n) is 2.97. The van der Waals surface area contributed by atoms with E-state index in [0.717, 1.165) is 4.47 Å². The highest BCUT2D eigenvalue weighted by atomic mass is 79.9. The Morgan fingerprint density at radius 1 is 1.39 bits per heavy atom. The average molecular weight is 393 g/mol. The first kappa shape index (κ1) is 15.7. The molecule has 0 aliphatic carbocycles. The summed E-state index contributed by atoms with van der Waals surface area (Å²) in [6, 6.07) is 7.31. The fourth-order valence-corrected chi connectivity index (χ4v) is 3.00. The zero-order valence-corrected chi connectivity index (χ0v) is 14.6. The van der Waals surface area contributed by atoms with Crippen molar-refractivity contribution in [2.75, 3.05) is 5.32 Å². The zero-order valence-electron chi connectivity index (χ0n) is 12.2. The summed E-state index contributed by atoms with van der Waals surface area (Å²) in [5.41, 5.74) is 0.673. The van der Waals surface area contributed by atoms with Gasteiger partial charge in [-0.05, 0) is 47.1 Å². The van der Waals surface area contributed by atoms with Crippen molar-refractivity contribution < 1.29 is 9.21 Å². The lowest BCUT2D eigenvalue weighted by Gasteiger charge is -2.01. The van der Waals surface area contributed by atoms with Crippen LogP contribution in [0, 0.1) is 6.92 Å². The van der Waals surface area contributed by atoms with Crippen molar-refractivity contribution in [3.63, 3.8) is 0 Å². The zero-order chi connectivity index (χ0) is 16.2. The minimum atomic E-state index is -0.173. The molecule has 0 aliphatic rings. The second-order valence-corrected chi connectivity index (χ2v) is 6.60. The normalized spacial score (nSPS) is 10.5. The van der Waals surface area contributed by atoms with Crippen molar-refractivity contribution in [3.8, 4) is 0 Å². The molecule has 0 saturated carbocycles. The van der Waals surface area contributed by atoms with Crippen molar-refractivity contribution in [1.82, 2.24) is 15.3 Å². The summed E-state index contributed by atoms with van der Waals surface area (Å²) >= 11 is 4.62. The van der Waals surface area contributed by atoms with E-state index in [1.165, 1.54) is 11.3 Å². The van der Waals surface area contributed by atoms with Gasteiger partial charge in [0.15, 0.2) is 5.13 Å². The van der Waals surface area contributed by atoms with Crippen molar-refractivity contribution in [3.05, 3.63) is 57.5 Å². The predicted octanol–water partition coefficient (Wildman–Crippen LogP) is 3.88. The van der Waals surface area contributed by atoms with Gasteiger partial charge in [0.05, 0.1) is 18.5 Å². The van der Waals surface area contributed by atoms with Gasteiger partial charge in [-0.25, -0.2) is 9.97 Å². The third kappa shape index (κ3) is 3.96. The van der Waals surface area contributed by atoms with E-state index < -0.39 is 0 Å². The van der Waals surface area contributed by atoms with Gasteiger partial charge in [0.1, 0.15) is 16.5 Å². The first-order chi connectivity index (χ1) is 11.1. The predicted molar refractivity (Wildman–Crippen MR) is 91.9 cm³/mol. The van der Waals surface area contributed by atoms with Crippen LogP contribution in [0.25, 0.3) is 0 Å². The van der Waals surface area contributed by atoms with Gasteiger partial charge in [0.2, 0.25) is 0 Å². The van der Waals surface area contributed by atoms with E-state index in [1.54, 1.807) is 25.5 Å². The molecule has 3 aromatic heterocycles. The number of nitrogens with zero attached hydrogens (tertiary/aromatic N) is 2. The summed E-state index contributed by atoms with van der Waals surface area (Å²) in [6.07, 6.45) is 3.27. The van der Waals surface area contributed by atoms with Crippen LogP contribution in [0.15, 0.2) is 45.6 Å². The Balaban J connectivity index is 1.67. The molecule has 0 aromatic carbocycles. The number of carbonyl (C=O) groups is 1. The molecule has 8 heteroatoms. The molecule has 1 amide bonds. The molecule has 3 rings (SSSR count). The van der Waals surface area contributed by atoms with E-state index >= 15 is 0 Å². The van der Waals surface area contributed by atoms with E-state index in [0.29, 0.717) is 33.8 Å². The number of hydrogen-bond donors (Lipinski definition) is 2. The average Bonchev–Trinajstić information content (AvgIpc) is 3.17. The van der Waals surface area contributed by atoms with Crippen molar-refractivity contribution in [1.29, 1.82) is 0 Å². The Morgan fingerprint density at radius 3 is 2.96 bits per heavy atom. The fourth-order valence-electron chi connectivity index (χ4n) is 1.88. The molecule has 0 radical (unpaired) electrons. The molecular formula is C15H13BrN4O2S. The maximum atomic E-state index is 12.2. The van der Waals surface area contributed by atoms with E-state index in [2.05, 4.69) is 36.5 Å². The van der Waals surface area contributed by atoms with Crippen LogP contribution < -0.4 is 10.6 Å². The first-order valence-corrected chi connectivity index (χ1v) is 8.39. The molecule has 0 atom stereocenters. The minimum Gasteiger partial charge on any atom is -0.467 e. The van der Waals surface area contributed by atoms with Crippen LogP contribution in [0.3, 0.4) is 0 Å². The Morgan fingerprint density at radius 2 is 2.26 bits per heavy atom. The van der Waals surface area contributed by atoms with Gasteiger partial charge >= 0.3 is 0 Å². The number of rotatable bonds is 5. The van der Waals surface area contributed by atoms with Crippen LogP contribution in [-0.2, 0) is 6.54 Å². The van der Waals surface area contributed by atoms with Gasteiger partial charge in [-0.3, -0.25) is 4.79 Å². The maximum absolute atomic E-state index is 12.2. The van der Waals surface area contributed by atoms with Gasteiger partial charge in [-0.15, -0.1) is 0 Å².